The van der Waals surface area contributed by atoms with Gasteiger partial charge in [-0.1, -0.05) is 17.7 Å². The SMILES string of the molecule is CS(=O)(=O)c1cccc(N2CCN(c3ncccc3Cl)CC2)c1[N+](=O)[O-]. The maximum absolute atomic E-state index is 11.9. The molecule has 3 rings (SSSR count). The van der Waals surface area contributed by atoms with Gasteiger partial charge in [0.1, 0.15) is 16.4 Å². The number of aromatic nitrogens is 1. The predicted octanol–water partition coefficient (Wildman–Crippen LogP) is 2.37. The molecule has 1 fully saturated rings. The van der Waals surface area contributed by atoms with Crippen LogP contribution >= 0.6 is 11.6 Å². The molecular weight excluding hydrogens is 380 g/mol. The normalized spacial score (nSPS) is 15.2. The average molecular weight is 397 g/mol. The number of nitro benzene ring substituents is 1. The van der Waals surface area contributed by atoms with Crippen LogP contribution in [-0.2, 0) is 9.84 Å². The van der Waals surface area contributed by atoms with E-state index in [-0.39, 0.29) is 10.6 Å². The molecule has 26 heavy (non-hydrogen) atoms. The average Bonchev–Trinajstić information content (AvgIpc) is 2.61. The van der Waals surface area contributed by atoms with Gasteiger partial charge in [0.25, 0.3) is 0 Å². The number of nitro groups is 1. The molecule has 0 aliphatic carbocycles. The minimum absolute atomic E-state index is 0.268. The maximum Gasteiger partial charge on any atom is 0.311 e. The maximum atomic E-state index is 11.9. The van der Waals surface area contributed by atoms with E-state index in [1.807, 2.05) is 9.80 Å². The van der Waals surface area contributed by atoms with Gasteiger partial charge in [0.15, 0.2) is 9.84 Å². The van der Waals surface area contributed by atoms with Crippen molar-refractivity contribution in [3.63, 3.8) is 0 Å². The van der Waals surface area contributed by atoms with E-state index in [2.05, 4.69) is 4.98 Å². The van der Waals surface area contributed by atoms with Gasteiger partial charge < -0.3 is 9.80 Å². The number of piperazine rings is 1. The van der Waals surface area contributed by atoms with E-state index < -0.39 is 14.8 Å². The molecule has 1 aromatic carbocycles. The highest BCUT2D eigenvalue weighted by Gasteiger charge is 2.30. The summed E-state index contributed by atoms with van der Waals surface area (Å²) in [6, 6.07) is 7.89. The Morgan fingerprint density at radius 2 is 1.77 bits per heavy atom. The third kappa shape index (κ3) is 3.58. The molecule has 2 aromatic rings. The molecule has 0 bridgehead atoms. The number of halogens is 1. The van der Waals surface area contributed by atoms with Crippen LogP contribution < -0.4 is 9.80 Å². The number of anilines is 2. The number of rotatable bonds is 4. The second-order valence-corrected chi connectivity index (χ2v) is 8.33. The molecule has 0 unspecified atom stereocenters. The van der Waals surface area contributed by atoms with Crippen LogP contribution in [0.25, 0.3) is 0 Å². The summed E-state index contributed by atoms with van der Waals surface area (Å²) >= 11 is 6.17. The van der Waals surface area contributed by atoms with Crippen LogP contribution in [0.15, 0.2) is 41.4 Å². The molecule has 0 saturated carbocycles. The Kier molecular flexibility index (Phi) is 5.01. The second-order valence-electron chi connectivity index (χ2n) is 5.94. The lowest BCUT2D eigenvalue weighted by Gasteiger charge is -2.36. The minimum atomic E-state index is -3.71. The first-order valence-corrected chi connectivity index (χ1v) is 10.1. The number of nitrogens with zero attached hydrogens (tertiary/aromatic N) is 4. The first-order chi connectivity index (χ1) is 12.3. The van der Waals surface area contributed by atoms with E-state index >= 15 is 0 Å². The summed E-state index contributed by atoms with van der Waals surface area (Å²) in [5, 5.41) is 12.1. The van der Waals surface area contributed by atoms with Crippen LogP contribution in [0.5, 0.6) is 0 Å². The molecule has 1 aliphatic heterocycles. The van der Waals surface area contributed by atoms with Crippen molar-refractivity contribution in [3.05, 3.63) is 51.7 Å². The zero-order valence-corrected chi connectivity index (χ0v) is 15.6. The van der Waals surface area contributed by atoms with Gasteiger partial charge in [0.05, 0.1) is 9.95 Å². The van der Waals surface area contributed by atoms with Crippen molar-refractivity contribution >= 4 is 38.6 Å². The topological polar surface area (TPSA) is 96.7 Å². The Bertz CT molecular complexity index is 943. The zero-order chi connectivity index (χ0) is 18.9. The van der Waals surface area contributed by atoms with Gasteiger partial charge in [-0.25, -0.2) is 13.4 Å². The van der Waals surface area contributed by atoms with Crippen LogP contribution in [-0.4, -0.2) is 50.8 Å². The van der Waals surface area contributed by atoms with Crippen LogP contribution in [0.2, 0.25) is 5.02 Å². The van der Waals surface area contributed by atoms with Gasteiger partial charge in [-0.3, -0.25) is 10.1 Å². The van der Waals surface area contributed by atoms with E-state index in [0.29, 0.717) is 42.7 Å². The monoisotopic (exact) mass is 396 g/mol. The first-order valence-electron chi connectivity index (χ1n) is 7.87. The van der Waals surface area contributed by atoms with Crippen molar-refractivity contribution < 1.29 is 13.3 Å². The fourth-order valence-corrected chi connectivity index (χ4v) is 4.11. The fraction of sp³-hybridized carbons (Fsp3) is 0.312. The molecule has 0 spiro atoms. The minimum Gasteiger partial charge on any atom is -0.362 e. The Morgan fingerprint density at radius 3 is 2.35 bits per heavy atom. The lowest BCUT2D eigenvalue weighted by atomic mass is 10.2. The quantitative estimate of drug-likeness (QED) is 0.578. The molecule has 138 valence electrons. The van der Waals surface area contributed by atoms with E-state index in [4.69, 9.17) is 11.6 Å². The zero-order valence-electron chi connectivity index (χ0n) is 14.0. The Morgan fingerprint density at radius 1 is 1.12 bits per heavy atom. The molecule has 1 saturated heterocycles. The van der Waals surface area contributed by atoms with E-state index in [1.165, 1.54) is 12.1 Å². The summed E-state index contributed by atoms with van der Waals surface area (Å²) in [5.41, 5.74) is -0.0657. The Labute approximate surface area is 156 Å². The molecule has 8 nitrogen and oxygen atoms in total. The van der Waals surface area contributed by atoms with Gasteiger partial charge in [-0.05, 0) is 24.3 Å². The van der Waals surface area contributed by atoms with Crippen LogP contribution in [0.3, 0.4) is 0 Å². The number of pyridine rings is 1. The standard InChI is InChI=1S/C16H17ClN4O4S/c1-26(24,25)14-6-2-5-13(15(14)21(22)23)19-8-10-20(11-9-19)16-12(17)4-3-7-18-16/h2-7H,8-11H2,1H3. The molecule has 1 aromatic heterocycles. The Hall–Kier alpha value is -2.39. The van der Waals surface area contributed by atoms with E-state index in [0.717, 1.165) is 6.26 Å². The van der Waals surface area contributed by atoms with Crippen molar-refractivity contribution in [2.24, 2.45) is 0 Å². The number of benzene rings is 1. The van der Waals surface area contributed by atoms with Crippen molar-refractivity contribution in [2.75, 3.05) is 42.2 Å². The van der Waals surface area contributed by atoms with Crippen molar-refractivity contribution in [2.45, 2.75) is 4.90 Å². The summed E-state index contributed by atoms with van der Waals surface area (Å²) in [7, 11) is -3.71. The molecule has 0 atom stereocenters. The number of para-hydroxylation sites is 1. The second kappa shape index (κ2) is 7.08. The molecule has 2 heterocycles. The van der Waals surface area contributed by atoms with Crippen LogP contribution in [0, 0.1) is 10.1 Å². The summed E-state index contributed by atoms with van der Waals surface area (Å²) in [4.78, 5) is 18.7. The molecule has 0 N–H and O–H groups in total. The van der Waals surface area contributed by atoms with Gasteiger partial charge >= 0.3 is 5.69 Å². The third-order valence-corrected chi connectivity index (χ3v) is 5.64. The summed E-state index contributed by atoms with van der Waals surface area (Å²) < 4.78 is 23.8. The van der Waals surface area contributed by atoms with Crippen LogP contribution in [0.4, 0.5) is 17.2 Å². The molecular formula is C16H17ClN4O4S. The summed E-state index contributed by atoms with van der Waals surface area (Å²) in [6.45, 7) is 2.11. The van der Waals surface area contributed by atoms with Gasteiger partial charge in [-0.15, -0.1) is 0 Å². The highest BCUT2D eigenvalue weighted by molar-refractivity contribution is 7.90. The van der Waals surface area contributed by atoms with Gasteiger partial charge in [0.2, 0.25) is 0 Å². The number of sulfone groups is 1. The highest BCUT2D eigenvalue weighted by atomic mass is 35.5. The molecule has 0 radical (unpaired) electrons. The number of hydrogen-bond acceptors (Lipinski definition) is 7. The molecule has 0 amide bonds. The van der Waals surface area contributed by atoms with E-state index in [9.17, 15) is 18.5 Å². The van der Waals surface area contributed by atoms with E-state index in [1.54, 1.807) is 24.4 Å². The lowest BCUT2D eigenvalue weighted by molar-refractivity contribution is -0.387. The summed E-state index contributed by atoms with van der Waals surface area (Å²) in [5.74, 6) is 0.674. The number of hydrogen-bond donors (Lipinski definition) is 0. The summed E-state index contributed by atoms with van der Waals surface area (Å²) in [6.07, 6.45) is 2.63. The highest BCUT2D eigenvalue weighted by Crippen LogP contribution is 2.35. The molecule has 1 aliphatic rings. The first kappa shape index (κ1) is 18.4. The fourth-order valence-electron chi connectivity index (χ4n) is 3.02. The van der Waals surface area contributed by atoms with Crippen molar-refractivity contribution in [1.82, 2.24) is 4.98 Å². The third-order valence-electron chi connectivity index (χ3n) is 4.22. The Balaban J connectivity index is 1.88. The van der Waals surface area contributed by atoms with Crippen molar-refractivity contribution in [1.29, 1.82) is 0 Å². The van der Waals surface area contributed by atoms with Crippen LogP contribution in [0.1, 0.15) is 0 Å². The molecule has 10 heteroatoms. The van der Waals surface area contributed by atoms with Gasteiger partial charge in [-0.2, -0.15) is 0 Å². The van der Waals surface area contributed by atoms with Gasteiger partial charge in [0, 0.05) is 38.6 Å². The largest absolute Gasteiger partial charge is 0.362 e. The smallest absolute Gasteiger partial charge is 0.311 e. The lowest BCUT2D eigenvalue weighted by Crippen LogP contribution is -2.47. The predicted molar refractivity (Wildman–Crippen MR) is 99.9 cm³/mol. The van der Waals surface area contributed by atoms with Crippen molar-refractivity contribution in [3.8, 4) is 0 Å².